The predicted octanol–water partition coefficient (Wildman–Crippen LogP) is -0.780. The van der Waals surface area contributed by atoms with Crippen LogP contribution in [0.3, 0.4) is 0 Å². The number of sulfonamides is 2. The third kappa shape index (κ3) is 4.34. The van der Waals surface area contributed by atoms with Gasteiger partial charge >= 0.3 is 0 Å². The molecule has 8 nitrogen and oxygen atoms in total. The molecule has 0 fully saturated rings. The van der Waals surface area contributed by atoms with Crippen LogP contribution in [-0.4, -0.2) is 47.5 Å². The largest absolute Gasteiger partial charge is 0.397 e. The zero-order chi connectivity index (χ0) is 15.6. The third-order valence-corrected chi connectivity index (χ3v) is 5.33. The first-order valence-electron chi connectivity index (χ1n) is 5.60. The Morgan fingerprint density at radius 3 is 2.30 bits per heavy atom. The molecule has 114 valence electrons. The van der Waals surface area contributed by atoms with Crippen molar-refractivity contribution >= 4 is 31.4 Å². The lowest BCUT2D eigenvalue weighted by molar-refractivity contribution is 0.521. The summed E-state index contributed by atoms with van der Waals surface area (Å²) in [7, 11) is -4.29. The van der Waals surface area contributed by atoms with Crippen LogP contribution in [0.15, 0.2) is 23.1 Å². The summed E-state index contributed by atoms with van der Waals surface area (Å²) in [6, 6.07) is 3.95. The Morgan fingerprint density at radius 1 is 1.20 bits per heavy atom. The Kier molecular flexibility index (Phi) is 4.97. The van der Waals surface area contributed by atoms with Crippen LogP contribution in [0.25, 0.3) is 0 Å². The van der Waals surface area contributed by atoms with E-state index in [1.54, 1.807) is 0 Å². The quantitative estimate of drug-likeness (QED) is 0.588. The summed E-state index contributed by atoms with van der Waals surface area (Å²) in [5.41, 5.74) is 6.31. The third-order valence-electron chi connectivity index (χ3n) is 2.59. The molecule has 0 heterocycles. The molecule has 1 aromatic rings. The molecule has 0 spiro atoms. The van der Waals surface area contributed by atoms with Crippen molar-refractivity contribution in [2.75, 3.05) is 37.4 Å². The molecule has 5 N–H and O–H groups in total. The fraction of sp³-hybridized carbons (Fsp3) is 0.400. The molecular formula is C10H18N4O4S2. The van der Waals surface area contributed by atoms with Crippen molar-refractivity contribution in [3.05, 3.63) is 18.2 Å². The lowest BCUT2D eigenvalue weighted by Crippen LogP contribution is -2.28. The normalized spacial score (nSPS) is 12.6. The van der Waals surface area contributed by atoms with Gasteiger partial charge in [-0.05, 0) is 18.2 Å². The molecule has 0 amide bonds. The number of nitrogen functional groups attached to an aromatic ring is 1. The first-order chi connectivity index (χ1) is 9.04. The number of nitrogens with two attached hydrogens (primary N) is 2. The van der Waals surface area contributed by atoms with Crippen molar-refractivity contribution in [3.63, 3.8) is 0 Å². The van der Waals surface area contributed by atoms with Gasteiger partial charge in [0.05, 0.1) is 22.0 Å². The first-order valence-corrected chi connectivity index (χ1v) is 8.76. The molecule has 0 atom stereocenters. The Bertz CT molecular complexity index is 683. The zero-order valence-corrected chi connectivity index (χ0v) is 12.8. The van der Waals surface area contributed by atoms with Crippen molar-refractivity contribution in [3.8, 4) is 0 Å². The lowest BCUT2D eigenvalue weighted by atomic mass is 10.2. The van der Waals surface area contributed by atoms with Gasteiger partial charge in [0.15, 0.2) is 0 Å². The van der Waals surface area contributed by atoms with Crippen LogP contribution in [0.1, 0.15) is 0 Å². The average molecular weight is 322 g/mol. The second-order valence-electron chi connectivity index (χ2n) is 4.32. The van der Waals surface area contributed by atoms with Crippen LogP contribution in [0, 0.1) is 0 Å². The summed E-state index contributed by atoms with van der Waals surface area (Å²) in [6.45, 7) is 0.0960. The lowest BCUT2D eigenvalue weighted by Gasteiger charge is -2.13. The van der Waals surface area contributed by atoms with Gasteiger partial charge in [0.1, 0.15) is 0 Å². The predicted molar refractivity (Wildman–Crippen MR) is 78.2 cm³/mol. The molecule has 10 heteroatoms. The molecule has 0 saturated carbocycles. The van der Waals surface area contributed by atoms with Gasteiger partial charge in [-0.25, -0.2) is 26.3 Å². The number of nitrogens with zero attached hydrogens (tertiary/aromatic N) is 1. The van der Waals surface area contributed by atoms with E-state index in [1.807, 2.05) is 0 Å². The van der Waals surface area contributed by atoms with E-state index in [-0.39, 0.29) is 17.2 Å². The van der Waals surface area contributed by atoms with E-state index in [4.69, 9.17) is 10.9 Å². The number of nitrogens with one attached hydrogen (secondary N) is 1. The number of benzene rings is 1. The van der Waals surface area contributed by atoms with Crippen molar-refractivity contribution in [1.29, 1.82) is 0 Å². The fourth-order valence-electron chi connectivity index (χ4n) is 1.36. The monoisotopic (exact) mass is 322 g/mol. The van der Waals surface area contributed by atoms with E-state index in [9.17, 15) is 16.8 Å². The highest BCUT2D eigenvalue weighted by atomic mass is 32.2. The summed E-state index contributed by atoms with van der Waals surface area (Å²) in [5, 5.41) is 7.80. The van der Waals surface area contributed by atoms with Crippen LogP contribution >= 0.6 is 0 Å². The minimum Gasteiger partial charge on any atom is -0.397 e. The zero-order valence-electron chi connectivity index (χ0n) is 11.2. The summed E-state index contributed by atoms with van der Waals surface area (Å²) in [4.78, 5) is -0.0929. The van der Waals surface area contributed by atoms with Gasteiger partial charge in [0, 0.05) is 20.6 Å². The molecule has 20 heavy (non-hydrogen) atoms. The number of hydrogen-bond acceptors (Lipinski definition) is 6. The molecular weight excluding hydrogens is 304 g/mol. The first kappa shape index (κ1) is 16.7. The highest BCUT2D eigenvalue weighted by molar-refractivity contribution is 7.89. The van der Waals surface area contributed by atoms with E-state index >= 15 is 0 Å². The smallest absolute Gasteiger partial charge is 0.238 e. The number of rotatable bonds is 6. The van der Waals surface area contributed by atoms with Gasteiger partial charge < -0.3 is 11.1 Å². The van der Waals surface area contributed by atoms with Crippen LogP contribution in [0.5, 0.6) is 0 Å². The maximum Gasteiger partial charge on any atom is 0.238 e. The molecule has 0 saturated heterocycles. The van der Waals surface area contributed by atoms with Gasteiger partial charge in [-0.2, -0.15) is 0 Å². The van der Waals surface area contributed by atoms with Crippen LogP contribution in [0.4, 0.5) is 11.4 Å². The number of hydrogen-bond donors (Lipinski definition) is 3. The van der Waals surface area contributed by atoms with Gasteiger partial charge in [-0.1, -0.05) is 0 Å². The SMILES string of the molecule is CN(C)S(=O)(=O)CCNc1cc(S(N)(=O)=O)ccc1N. The number of anilines is 2. The molecule has 0 aliphatic rings. The van der Waals surface area contributed by atoms with Crippen molar-refractivity contribution in [2.24, 2.45) is 5.14 Å². The molecule has 0 aromatic heterocycles. The van der Waals surface area contributed by atoms with Crippen LogP contribution in [0.2, 0.25) is 0 Å². The number of primary sulfonamides is 1. The van der Waals surface area contributed by atoms with Crippen LogP contribution in [-0.2, 0) is 20.0 Å². The minimum atomic E-state index is -3.83. The van der Waals surface area contributed by atoms with Crippen molar-refractivity contribution in [2.45, 2.75) is 4.90 Å². The molecule has 0 unspecified atom stereocenters. The second kappa shape index (κ2) is 5.95. The van der Waals surface area contributed by atoms with Crippen molar-refractivity contribution in [1.82, 2.24) is 4.31 Å². The Labute approximate surface area is 118 Å². The van der Waals surface area contributed by atoms with Crippen LogP contribution < -0.4 is 16.2 Å². The standard InChI is InChI=1S/C10H18N4O4S2/c1-14(2)19(15,16)6-5-13-10-7-8(20(12,17)18)3-4-9(10)11/h3-4,7,13H,5-6,11H2,1-2H3,(H2,12,17,18). The van der Waals surface area contributed by atoms with E-state index in [0.29, 0.717) is 11.4 Å². The Balaban J connectivity index is 2.84. The van der Waals surface area contributed by atoms with Gasteiger partial charge in [-0.3, -0.25) is 0 Å². The molecule has 1 rings (SSSR count). The summed E-state index contributed by atoms with van der Waals surface area (Å²) < 4.78 is 46.7. The molecule has 0 aliphatic heterocycles. The molecule has 0 bridgehead atoms. The summed E-state index contributed by atoms with van der Waals surface area (Å²) in [5.74, 6) is -0.140. The Hall–Kier alpha value is -1.36. The molecule has 1 aromatic carbocycles. The Morgan fingerprint density at radius 2 is 1.80 bits per heavy atom. The maximum atomic E-state index is 11.6. The minimum absolute atomic E-state index is 0.0929. The van der Waals surface area contributed by atoms with E-state index in [0.717, 1.165) is 4.31 Å². The molecule has 0 aliphatic carbocycles. The van der Waals surface area contributed by atoms with E-state index in [1.165, 1.54) is 32.3 Å². The highest BCUT2D eigenvalue weighted by Gasteiger charge is 2.14. The van der Waals surface area contributed by atoms with Crippen molar-refractivity contribution < 1.29 is 16.8 Å². The van der Waals surface area contributed by atoms with E-state index in [2.05, 4.69) is 5.32 Å². The highest BCUT2D eigenvalue weighted by Crippen LogP contribution is 2.21. The van der Waals surface area contributed by atoms with Gasteiger partial charge in [0.2, 0.25) is 20.0 Å². The summed E-state index contributed by atoms with van der Waals surface area (Å²) in [6.07, 6.45) is 0. The average Bonchev–Trinajstić information content (AvgIpc) is 2.29. The fourth-order valence-corrected chi connectivity index (χ4v) is 2.63. The topological polar surface area (TPSA) is 136 Å². The molecule has 0 radical (unpaired) electrons. The van der Waals surface area contributed by atoms with Gasteiger partial charge in [0.25, 0.3) is 0 Å². The maximum absolute atomic E-state index is 11.6. The second-order valence-corrected chi connectivity index (χ2v) is 8.18. The van der Waals surface area contributed by atoms with Gasteiger partial charge in [-0.15, -0.1) is 0 Å². The van der Waals surface area contributed by atoms with E-state index < -0.39 is 20.0 Å². The summed E-state index contributed by atoms with van der Waals surface area (Å²) >= 11 is 0.